The summed E-state index contributed by atoms with van der Waals surface area (Å²) >= 11 is 0. The maximum absolute atomic E-state index is 11.2. The van der Waals surface area contributed by atoms with Crippen LogP contribution < -0.4 is 4.74 Å². The third kappa shape index (κ3) is 4.14. The Morgan fingerprint density at radius 1 is 1.09 bits per heavy atom. The quantitative estimate of drug-likeness (QED) is 0.542. The van der Waals surface area contributed by atoms with Gasteiger partial charge in [0.05, 0.1) is 5.69 Å². The summed E-state index contributed by atoms with van der Waals surface area (Å²) in [6, 6.07) is 17.2. The number of benzene rings is 2. The molecule has 1 N–H and O–H groups in total. The molecule has 4 nitrogen and oxygen atoms in total. The Hall–Kier alpha value is -3.16. The molecule has 0 saturated heterocycles. The zero-order valence-electron chi connectivity index (χ0n) is 19.3. The fourth-order valence-corrected chi connectivity index (χ4v) is 5.97. The molecule has 4 heteroatoms. The van der Waals surface area contributed by atoms with Crippen molar-refractivity contribution in [1.82, 2.24) is 9.97 Å². The lowest BCUT2D eigenvalue weighted by atomic mass is 9.52. The Balaban J connectivity index is 1.53. The SMILES string of the molecule is CC#C[C@@]1(O)CC[C@@]2(Cc3ccccc3)c3ccc(Oc4nccnc4C)cc3CC[C@@H]2C1. The fourth-order valence-electron chi connectivity index (χ4n) is 5.97. The molecule has 168 valence electrons. The molecule has 0 spiro atoms. The number of aromatic nitrogens is 2. The van der Waals surface area contributed by atoms with E-state index in [0.29, 0.717) is 18.2 Å². The third-order valence-corrected chi connectivity index (χ3v) is 7.50. The molecule has 0 aliphatic heterocycles. The molecule has 1 aromatic heterocycles. The smallest absolute Gasteiger partial charge is 0.240 e. The van der Waals surface area contributed by atoms with Crippen LogP contribution in [0.2, 0.25) is 0 Å². The molecular weight excluding hydrogens is 408 g/mol. The molecule has 2 aliphatic carbocycles. The van der Waals surface area contributed by atoms with Crippen LogP contribution in [-0.4, -0.2) is 20.7 Å². The van der Waals surface area contributed by atoms with Crippen molar-refractivity contribution in [3.8, 4) is 23.5 Å². The van der Waals surface area contributed by atoms with E-state index in [1.807, 2.05) is 13.8 Å². The Morgan fingerprint density at radius 3 is 2.70 bits per heavy atom. The lowest BCUT2D eigenvalue weighted by molar-refractivity contribution is -0.00804. The minimum Gasteiger partial charge on any atom is -0.437 e. The van der Waals surface area contributed by atoms with Crippen LogP contribution in [0.15, 0.2) is 60.9 Å². The van der Waals surface area contributed by atoms with Crippen molar-refractivity contribution in [2.24, 2.45) is 5.92 Å². The normalized spacial score (nSPS) is 25.8. The monoisotopic (exact) mass is 438 g/mol. The van der Waals surface area contributed by atoms with E-state index < -0.39 is 5.60 Å². The molecule has 0 radical (unpaired) electrons. The van der Waals surface area contributed by atoms with E-state index >= 15 is 0 Å². The van der Waals surface area contributed by atoms with Crippen molar-refractivity contribution in [3.05, 3.63) is 83.3 Å². The van der Waals surface area contributed by atoms with E-state index in [0.717, 1.165) is 43.5 Å². The van der Waals surface area contributed by atoms with Crippen LogP contribution in [0.25, 0.3) is 0 Å². The van der Waals surface area contributed by atoms with Gasteiger partial charge in [-0.05, 0) is 87.1 Å². The molecule has 3 atom stereocenters. The third-order valence-electron chi connectivity index (χ3n) is 7.50. The summed E-state index contributed by atoms with van der Waals surface area (Å²) in [5, 5.41) is 11.2. The first kappa shape index (κ1) is 21.7. The number of rotatable bonds is 4. The van der Waals surface area contributed by atoms with Crippen LogP contribution in [0.3, 0.4) is 0 Å². The minimum atomic E-state index is -0.871. The summed E-state index contributed by atoms with van der Waals surface area (Å²) in [6.45, 7) is 3.73. The lowest BCUT2D eigenvalue weighted by Crippen LogP contribution is -2.50. The second kappa shape index (κ2) is 8.65. The summed E-state index contributed by atoms with van der Waals surface area (Å²) in [4.78, 5) is 8.61. The largest absolute Gasteiger partial charge is 0.437 e. The number of nitrogens with zero attached hydrogens (tertiary/aromatic N) is 2. The van der Waals surface area contributed by atoms with Crippen LogP contribution in [0, 0.1) is 24.7 Å². The van der Waals surface area contributed by atoms with Gasteiger partial charge < -0.3 is 9.84 Å². The molecule has 1 saturated carbocycles. The average molecular weight is 439 g/mol. The van der Waals surface area contributed by atoms with E-state index in [2.05, 4.69) is 70.3 Å². The first-order valence-corrected chi connectivity index (χ1v) is 11.8. The van der Waals surface area contributed by atoms with Gasteiger partial charge in [-0.15, -0.1) is 5.92 Å². The highest BCUT2D eigenvalue weighted by molar-refractivity contribution is 5.46. The van der Waals surface area contributed by atoms with Gasteiger partial charge in [0.1, 0.15) is 11.4 Å². The number of aryl methyl sites for hydroxylation is 2. The Bertz CT molecular complexity index is 1210. The second-order valence-electron chi connectivity index (χ2n) is 9.53. The Kier molecular flexibility index (Phi) is 5.68. The van der Waals surface area contributed by atoms with E-state index in [4.69, 9.17) is 4.74 Å². The lowest BCUT2D eigenvalue weighted by Gasteiger charge is -2.52. The van der Waals surface area contributed by atoms with Gasteiger partial charge in [-0.2, -0.15) is 0 Å². The van der Waals surface area contributed by atoms with Gasteiger partial charge in [-0.3, -0.25) is 4.98 Å². The molecule has 2 aromatic carbocycles. The van der Waals surface area contributed by atoms with Crippen molar-refractivity contribution >= 4 is 0 Å². The highest BCUT2D eigenvalue weighted by Crippen LogP contribution is 2.54. The van der Waals surface area contributed by atoms with Crippen LogP contribution >= 0.6 is 0 Å². The summed E-state index contributed by atoms with van der Waals surface area (Å²) in [5.41, 5.74) is 3.99. The second-order valence-corrected chi connectivity index (χ2v) is 9.53. The molecule has 3 aromatic rings. The van der Waals surface area contributed by atoms with Crippen molar-refractivity contribution in [2.75, 3.05) is 0 Å². The standard InChI is InChI=1S/C29H30N2O2/c1-3-13-28(32)14-15-29(19-22-7-5-4-6-8-22)24(20-28)10-9-23-18-25(11-12-26(23)29)33-27-21(2)30-16-17-31-27/h4-8,11-12,16-18,24,32H,9-10,14-15,19-20H2,1-2H3/t24-,28-,29+/m1/s1. The topological polar surface area (TPSA) is 55.2 Å². The molecule has 5 rings (SSSR count). The molecule has 1 fully saturated rings. The van der Waals surface area contributed by atoms with Crippen molar-refractivity contribution in [1.29, 1.82) is 0 Å². The zero-order chi connectivity index (χ0) is 22.9. The fraction of sp³-hybridized carbons (Fsp3) is 0.379. The summed E-state index contributed by atoms with van der Waals surface area (Å²) in [5.74, 6) is 7.81. The van der Waals surface area contributed by atoms with Crippen LogP contribution in [0.1, 0.15) is 55.0 Å². The number of fused-ring (bicyclic) bond motifs is 3. The van der Waals surface area contributed by atoms with E-state index in [1.165, 1.54) is 16.7 Å². The van der Waals surface area contributed by atoms with Gasteiger partial charge in [0.2, 0.25) is 5.88 Å². The predicted octanol–water partition coefficient (Wildman–Crippen LogP) is 5.56. The zero-order valence-corrected chi connectivity index (χ0v) is 19.3. The van der Waals surface area contributed by atoms with Gasteiger partial charge in [0.15, 0.2) is 0 Å². The molecule has 33 heavy (non-hydrogen) atoms. The highest BCUT2D eigenvalue weighted by atomic mass is 16.5. The number of hydrogen-bond donors (Lipinski definition) is 1. The number of hydrogen-bond acceptors (Lipinski definition) is 4. The summed E-state index contributed by atoms with van der Waals surface area (Å²) in [6.07, 6.45) is 8.69. The van der Waals surface area contributed by atoms with Crippen LogP contribution in [-0.2, 0) is 18.3 Å². The van der Waals surface area contributed by atoms with E-state index in [9.17, 15) is 5.11 Å². The van der Waals surface area contributed by atoms with Gasteiger partial charge in [-0.1, -0.05) is 42.3 Å². The van der Waals surface area contributed by atoms with Gasteiger partial charge in [0.25, 0.3) is 0 Å². The molecule has 0 unspecified atom stereocenters. The molecular formula is C29H30N2O2. The predicted molar refractivity (Wildman–Crippen MR) is 129 cm³/mol. The van der Waals surface area contributed by atoms with Gasteiger partial charge >= 0.3 is 0 Å². The Labute approximate surface area is 196 Å². The summed E-state index contributed by atoms with van der Waals surface area (Å²) in [7, 11) is 0. The van der Waals surface area contributed by atoms with Gasteiger partial charge in [0, 0.05) is 17.8 Å². The van der Waals surface area contributed by atoms with Crippen molar-refractivity contribution in [3.63, 3.8) is 0 Å². The van der Waals surface area contributed by atoms with E-state index in [-0.39, 0.29) is 5.41 Å². The first-order chi connectivity index (χ1) is 16.0. The molecule has 2 aliphatic rings. The average Bonchev–Trinajstić information content (AvgIpc) is 2.82. The maximum Gasteiger partial charge on any atom is 0.240 e. The van der Waals surface area contributed by atoms with Crippen LogP contribution in [0.5, 0.6) is 11.6 Å². The number of ether oxygens (including phenoxy) is 1. The molecule has 1 heterocycles. The van der Waals surface area contributed by atoms with Crippen LogP contribution in [0.4, 0.5) is 0 Å². The molecule has 0 amide bonds. The molecule has 0 bridgehead atoms. The maximum atomic E-state index is 11.2. The minimum absolute atomic E-state index is 0.00239. The van der Waals surface area contributed by atoms with E-state index in [1.54, 1.807) is 12.4 Å². The van der Waals surface area contributed by atoms with Gasteiger partial charge in [-0.25, -0.2) is 4.98 Å². The van der Waals surface area contributed by atoms with Crippen molar-refractivity contribution < 1.29 is 9.84 Å². The summed E-state index contributed by atoms with van der Waals surface area (Å²) < 4.78 is 6.10. The Morgan fingerprint density at radius 2 is 1.91 bits per heavy atom. The highest BCUT2D eigenvalue weighted by Gasteiger charge is 2.51. The van der Waals surface area contributed by atoms with Crippen molar-refractivity contribution in [2.45, 2.75) is 63.4 Å². The first-order valence-electron chi connectivity index (χ1n) is 11.8. The number of aliphatic hydroxyl groups is 1.